The van der Waals surface area contributed by atoms with Gasteiger partial charge in [-0.3, -0.25) is 19.5 Å². The van der Waals surface area contributed by atoms with E-state index in [-0.39, 0.29) is 42.1 Å². The Morgan fingerprint density at radius 2 is 1.92 bits per heavy atom. The largest absolute Gasteiger partial charge is 0.497 e. The topological polar surface area (TPSA) is 85.7 Å². The van der Waals surface area contributed by atoms with E-state index in [1.165, 1.54) is 12.1 Å². The van der Waals surface area contributed by atoms with Crippen LogP contribution in [0, 0.1) is 11.7 Å². The van der Waals surface area contributed by atoms with Gasteiger partial charge in [0, 0.05) is 36.5 Å². The fourth-order valence-electron chi connectivity index (χ4n) is 4.14. The summed E-state index contributed by atoms with van der Waals surface area (Å²) in [4.78, 5) is 32.1. The van der Waals surface area contributed by atoms with E-state index in [9.17, 15) is 14.0 Å². The minimum atomic E-state index is -0.378. The van der Waals surface area contributed by atoms with Gasteiger partial charge in [-0.1, -0.05) is 13.8 Å². The molecule has 0 aliphatic carbocycles. The van der Waals surface area contributed by atoms with Gasteiger partial charge in [0.05, 0.1) is 18.9 Å². The van der Waals surface area contributed by atoms with Gasteiger partial charge in [-0.2, -0.15) is 0 Å². The Balaban J connectivity index is 1.59. The molecular weight excluding hydrogens is 463 g/mol. The predicted octanol–water partition coefficient (Wildman–Crippen LogP) is 4.29. The summed E-state index contributed by atoms with van der Waals surface area (Å²) in [7, 11) is 1.60. The van der Waals surface area contributed by atoms with Crippen molar-refractivity contribution in [1.82, 2.24) is 14.5 Å². The van der Waals surface area contributed by atoms with Crippen LogP contribution in [0.5, 0.6) is 5.75 Å². The van der Waals surface area contributed by atoms with Gasteiger partial charge in [-0.15, -0.1) is 0 Å². The molecule has 1 fully saturated rings. The maximum absolute atomic E-state index is 13.6. The molecule has 9 heteroatoms. The standard InChI is InChI=1S/C27H31FN4O4/c1-18(2)26(34)31(15-23-5-4-14-36-23)17-25(33)30-27-29-24(19-6-12-22(35-3)13-7-19)16-32(27)21-10-8-20(28)9-11-21/h6-13,16,18,23H,4-5,14-15,17H2,1-3H3,(H,29,30,33)/t23-/m1/s1. The molecule has 2 amide bonds. The quantitative estimate of drug-likeness (QED) is 0.480. The number of imidazole rings is 1. The van der Waals surface area contributed by atoms with Crippen LogP contribution in [-0.4, -0.2) is 59.2 Å². The SMILES string of the molecule is COc1ccc(-c2cn(-c3ccc(F)cc3)c(NC(=O)CN(C[C@H]3CCCO3)C(=O)C(C)C)n2)cc1. The zero-order valence-electron chi connectivity index (χ0n) is 20.7. The van der Waals surface area contributed by atoms with Crippen molar-refractivity contribution in [3.8, 4) is 22.7 Å². The molecular formula is C27H31FN4O4. The first-order valence-corrected chi connectivity index (χ1v) is 12.0. The second kappa shape index (κ2) is 11.3. The fraction of sp³-hybridized carbons (Fsp3) is 0.370. The first kappa shape index (κ1) is 25.4. The molecule has 190 valence electrons. The average molecular weight is 495 g/mol. The Hall–Kier alpha value is -3.72. The third-order valence-electron chi connectivity index (χ3n) is 6.04. The lowest BCUT2D eigenvalue weighted by atomic mass is 10.1. The highest BCUT2D eigenvalue weighted by atomic mass is 19.1. The second-order valence-corrected chi connectivity index (χ2v) is 9.08. The lowest BCUT2D eigenvalue weighted by Gasteiger charge is -2.26. The number of halogens is 1. The minimum Gasteiger partial charge on any atom is -0.497 e. The van der Waals surface area contributed by atoms with Gasteiger partial charge in [-0.25, -0.2) is 9.37 Å². The summed E-state index contributed by atoms with van der Waals surface area (Å²) in [5, 5.41) is 2.85. The van der Waals surface area contributed by atoms with Gasteiger partial charge in [-0.05, 0) is 61.4 Å². The summed E-state index contributed by atoms with van der Waals surface area (Å²) in [6, 6.07) is 13.3. The molecule has 1 atom stereocenters. The molecule has 1 aromatic heterocycles. The van der Waals surface area contributed by atoms with Crippen LogP contribution in [0.1, 0.15) is 26.7 Å². The van der Waals surface area contributed by atoms with Crippen LogP contribution in [0.25, 0.3) is 16.9 Å². The molecule has 3 aromatic rings. The Morgan fingerprint density at radius 1 is 1.19 bits per heavy atom. The first-order valence-electron chi connectivity index (χ1n) is 12.0. The van der Waals surface area contributed by atoms with Crippen molar-refractivity contribution in [3.05, 3.63) is 60.5 Å². The van der Waals surface area contributed by atoms with Gasteiger partial charge >= 0.3 is 0 Å². The molecule has 0 bridgehead atoms. The molecule has 8 nitrogen and oxygen atoms in total. The number of hydrogen-bond donors (Lipinski definition) is 1. The van der Waals surface area contributed by atoms with Gasteiger partial charge in [0.2, 0.25) is 17.8 Å². The number of aromatic nitrogens is 2. The highest BCUT2D eigenvalue weighted by Crippen LogP contribution is 2.26. The van der Waals surface area contributed by atoms with Crippen LogP contribution < -0.4 is 10.1 Å². The van der Waals surface area contributed by atoms with Crippen LogP contribution in [0.4, 0.5) is 10.3 Å². The molecule has 0 radical (unpaired) electrons. The van der Waals surface area contributed by atoms with Crippen molar-refractivity contribution in [2.24, 2.45) is 5.92 Å². The van der Waals surface area contributed by atoms with Gasteiger partial charge in [0.1, 0.15) is 18.1 Å². The number of nitrogens with one attached hydrogen (secondary N) is 1. The first-order chi connectivity index (χ1) is 17.3. The lowest BCUT2D eigenvalue weighted by molar-refractivity contribution is -0.139. The summed E-state index contributed by atoms with van der Waals surface area (Å²) < 4.78 is 26.2. The maximum atomic E-state index is 13.6. The molecule has 0 saturated carbocycles. The summed E-state index contributed by atoms with van der Waals surface area (Å²) in [6.45, 7) is 4.54. The van der Waals surface area contributed by atoms with Crippen molar-refractivity contribution < 1.29 is 23.5 Å². The molecule has 1 aliphatic rings. The number of nitrogens with zero attached hydrogens (tertiary/aromatic N) is 3. The highest BCUT2D eigenvalue weighted by Gasteiger charge is 2.26. The Morgan fingerprint density at radius 3 is 2.53 bits per heavy atom. The van der Waals surface area contributed by atoms with E-state index in [1.807, 2.05) is 38.1 Å². The number of carbonyl (C=O) groups is 2. The van der Waals surface area contributed by atoms with Crippen molar-refractivity contribution in [3.63, 3.8) is 0 Å². The van der Waals surface area contributed by atoms with E-state index in [0.29, 0.717) is 30.3 Å². The molecule has 1 saturated heterocycles. The Labute approximate surface area is 210 Å². The maximum Gasteiger partial charge on any atom is 0.246 e. The number of carbonyl (C=O) groups excluding carboxylic acids is 2. The van der Waals surface area contributed by atoms with E-state index in [4.69, 9.17) is 9.47 Å². The third-order valence-corrected chi connectivity index (χ3v) is 6.04. The van der Waals surface area contributed by atoms with E-state index in [1.54, 1.807) is 34.9 Å². The Bertz CT molecular complexity index is 1190. The van der Waals surface area contributed by atoms with Crippen LogP contribution in [0.3, 0.4) is 0 Å². The molecule has 2 aromatic carbocycles. The monoisotopic (exact) mass is 494 g/mol. The van der Waals surface area contributed by atoms with Crippen LogP contribution >= 0.6 is 0 Å². The van der Waals surface area contributed by atoms with Crippen molar-refractivity contribution in [2.45, 2.75) is 32.8 Å². The van der Waals surface area contributed by atoms with E-state index in [0.717, 1.165) is 18.4 Å². The van der Waals surface area contributed by atoms with Crippen LogP contribution in [0.15, 0.2) is 54.7 Å². The average Bonchev–Trinajstić information content (AvgIpc) is 3.54. The Kier molecular flexibility index (Phi) is 8.00. The van der Waals surface area contributed by atoms with E-state index < -0.39 is 0 Å². The smallest absolute Gasteiger partial charge is 0.246 e. The molecule has 36 heavy (non-hydrogen) atoms. The highest BCUT2D eigenvalue weighted by molar-refractivity contribution is 5.94. The number of benzene rings is 2. The van der Waals surface area contributed by atoms with Gasteiger partial charge in [0.15, 0.2) is 0 Å². The number of methoxy groups -OCH3 is 1. The van der Waals surface area contributed by atoms with Crippen LogP contribution in [-0.2, 0) is 14.3 Å². The third kappa shape index (κ3) is 6.09. The number of amides is 2. The normalized spacial score (nSPS) is 15.2. The van der Waals surface area contributed by atoms with Gasteiger partial charge < -0.3 is 14.4 Å². The molecule has 0 spiro atoms. The molecule has 0 unspecified atom stereocenters. The molecule has 1 N–H and O–H groups in total. The van der Waals surface area contributed by atoms with Crippen molar-refractivity contribution in [2.75, 3.05) is 32.1 Å². The zero-order valence-corrected chi connectivity index (χ0v) is 20.7. The van der Waals surface area contributed by atoms with Crippen LogP contribution in [0.2, 0.25) is 0 Å². The summed E-state index contributed by atoms with van der Waals surface area (Å²) >= 11 is 0. The number of hydrogen-bond acceptors (Lipinski definition) is 5. The lowest BCUT2D eigenvalue weighted by Crippen LogP contribution is -2.44. The number of rotatable bonds is 9. The molecule has 1 aliphatic heterocycles. The van der Waals surface area contributed by atoms with E-state index in [2.05, 4.69) is 10.3 Å². The number of anilines is 1. The summed E-state index contributed by atoms with van der Waals surface area (Å²) in [5.41, 5.74) is 2.07. The van der Waals surface area contributed by atoms with Crippen molar-refractivity contribution >= 4 is 17.8 Å². The fourth-order valence-corrected chi connectivity index (χ4v) is 4.14. The molecule has 2 heterocycles. The summed E-state index contributed by atoms with van der Waals surface area (Å²) in [5.74, 6) is -0.115. The molecule has 4 rings (SSSR count). The zero-order chi connectivity index (χ0) is 25.7. The number of ether oxygens (including phenoxy) is 2. The minimum absolute atomic E-state index is 0.0663. The van der Waals surface area contributed by atoms with E-state index >= 15 is 0 Å². The summed E-state index contributed by atoms with van der Waals surface area (Å²) in [6.07, 6.45) is 3.52. The predicted molar refractivity (Wildman–Crippen MR) is 135 cm³/mol. The van der Waals surface area contributed by atoms with Gasteiger partial charge in [0.25, 0.3) is 0 Å². The second-order valence-electron chi connectivity index (χ2n) is 9.08. The van der Waals surface area contributed by atoms with Crippen molar-refractivity contribution in [1.29, 1.82) is 0 Å².